The van der Waals surface area contributed by atoms with Crippen molar-refractivity contribution in [3.8, 4) is 11.5 Å². The number of anilines is 1. The van der Waals surface area contributed by atoms with Gasteiger partial charge in [0.05, 0.1) is 33.4 Å². The highest BCUT2D eigenvalue weighted by Crippen LogP contribution is 2.47. The van der Waals surface area contributed by atoms with Gasteiger partial charge in [-0.3, -0.25) is 14.5 Å². The van der Waals surface area contributed by atoms with Crippen LogP contribution in [0.4, 0.5) is 5.13 Å². The number of aryl methyl sites for hydroxylation is 3. The molecule has 1 aliphatic rings. The van der Waals surface area contributed by atoms with Gasteiger partial charge in [0.2, 0.25) is 0 Å². The summed E-state index contributed by atoms with van der Waals surface area (Å²) in [5, 5.41) is 22.2. The van der Waals surface area contributed by atoms with Crippen LogP contribution in [0.3, 0.4) is 0 Å². The van der Waals surface area contributed by atoms with Crippen molar-refractivity contribution in [3.05, 3.63) is 86.4 Å². The normalized spacial score (nSPS) is 17.1. The lowest BCUT2D eigenvalue weighted by Crippen LogP contribution is -2.29. The van der Waals surface area contributed by atoms with Gasteiger partial charge >= 0.3 is 5.91 Å². The van der Waals surface area contributed by atoms with Crippen molar-refractivity contribution in [2.45, 2.75) is 26.8 Å². The zero-order valence-corrected chi connectivity index (χ0v) is 22.9. The molecule has 0 saturated carbocycles. The number of carbonyl (C=O) groups is 2. The van der Waals surface area contributed by atoms with E-state index in [0.29, 0.717) is 26.2 Å². The molecule has 5 rings (SSSR count). The molecular weight excluding hydrogens is 556 g/mol. The topological polar surface area (TPSA) is 100.0 Å². The molecule has 1 saturated heterocycles. The number of thiazole rings is 1. The first kappa shape index (κ1) is 25.0. The number of halogens is 1. The lowest BCUT2D eigenvalue weighted by atomic mass is 9.93. The average molecular weight is 579 g/mol. The molecule has 37 heavy (non-hydrogen) atoms. The Morgan fingerprint density at radius 2 is 1.76 bits per heavy atom. The summed E-state index contributed by atoms with van der Waals surface area (Å²) in [5.41, 5.74) is 4.26. The summed E-state index contributed by atoms with van der Waals surface area (Å²) in [5.74, 6) is -1.85. The van der Waals surface area contributed by atoms with Crippen LogP contribution in [0.2, 0.25) is 0 Å². The van der Waals surface area contributed by atoms with E-state index in [9.17, 15) is 19.8 Å². The highest BCUT2D eigenvalue weighted by Gasteiger charge is 2.48. The van der Waals surface area contributed by atoms with Gasteiger partial charge in [-0.25, -0.2) is 4.98 Å². The highest BCUT2D eigenvalue weighted by atomic mass is 79.9. The number of phenols is 1. The van der Waals surface area contributed by atoms with E-state index in [4.69, 9.17) is 4.74 Å². The van der Waals surface area contributed by atoms with Crippen LogP contribution in [0.25, 0.3) is 16.0 Å². The average Bonchev–Trinajstić information content (AvgIpc) is 3.39. The molecular formula is C28H23BrN2O5S. The van der Waals surface area contributed by atoms with Crippen LogP contribution < -0.4 is 9.64 Å². The number of aliphatic hydroxyl groups excluding tert-OH is 1. The first-order chi connectivity index (χ1) is 17.6. The van der Waals surface area contributed by atoms with Crippen LogP contribution in [-0.4, -0.2) is 34.0 Å². The minimum atomic E-state index is -1.01. The molecule has 0 spiro atoms. The second kappa shape index (κ2) is 9.32. The molecule has 1 aliphatic heterocycles. The number of rotatable bonds is 4. The number of hydrogen-bond donors (Lipinski definition) is 2. The lowest BCUT2D eigenvalue weighted by Gasteiger charge is -2.24. The quantitative estimate of drug-likeness (QED) is 0.167. The summed E-state index contributed by atoms with van der Waals surface area (Å²) >= 11 is 4.63. The fourth-order valence-electron chi connectivity index (χ4n) is 4.51. The van der Waals surface area contributed by atoms with Crippen LogP contribution in [0.15, 0.2) is 58.6 Å². The second-order valence-corrected chi connectivity index (χ2v) is 10.9. The fourth-order valence-corrected chi connectivity index (χ4v) is 6.06. The van der Waals surface area contributed by atoms with Crippen LogP contribution in [0.5, 0.6) is 11.5 Å². The number of Topliss-reactive ketones (excluding diaryl/α,β-unsaturated/α-hetero) is 1. The zero-order chi connectivity index (χ0) is 26.6. The van der Waals surface area contributed by atoms with E-state index in [1.54, 1.807) is 18.2 Å². The summed E-state index contributed by atoms with van der Waals surface area (Å²) < 4.78 is 6.53. The molecule has 0 aliphatic carbocycles. The van der Waals surface area contributed by atoms with Gasteiger partial charge in [0.25, 0.3) is 5.78 Å². The molecule has 2 heterocycles. The number of fused-ring (bicyclic) bond motifs is 1. The maximum absolute atomic E-state index is 13.5. The SMILES string of the molecule is COc1cc(C2/C(=C(\O)c3cc(C)ccc3C)C(=O)C(=O)N2c2nc3ccc(C)cc3s2)cc(Br)c1O. The third-order valence-corrected chi connectivity index (χ3v) is 8.04. The van der Waals surface area contributed by atoms with Gasteiger partial charge in [0.15, 0.2) is 16.6 Å². The van der Waals surface area contributed by atoms with Crippen molar-refractivity contribution < 1.29 is 24.5 Å². The van der Waals surface area contributed by atoms with E-state index in [0.717, 1.165) is 21.4 Å². The van der Waals surface area contributed by atoms with E-state index >= 15 is 0 Å². The Bertz CT molecular complexity index is 1640. The Morgan fingerprint density at radius 3 is 2.49 bits per heavy atom. The van der Waals surface area contributed by atoms with Crippen molar-refractivity contribution in [2.75, 3.05) is 12.0 Å². The molecule has 188 valence electrons. The molecule has 1 atom stereocenters. The predicted octanol–water partition coefficient (Wildman–Crippen LogP) is 6.32. The largest absolute Gasteiger partial charge is 0.507 e. The number of phenolic OH excluding ortho intramolecular Hbond substituents is 1. The van der Waals surface area contributed by atoms with Gasteiger partial charge in [0.1, 0.15) is 5.76 Å². The molecule has 1 unspecified atom stereocenters. The van der Waals surface area contributed by atoms with Gasteiger partial charge in [-0.05, 0) is 83.7 Å². The highest BCUT2D eigenvalue weighted by molar-refractivity contribution is 9.10. The number of aliphatic hydroxyl groups is 1. The van der Waals surface area contributed by atoms with Crippen LogP contribution in [0.1, 0.15) is 33.9 Å². The first-order valence-electron chi connectivity index (χ1n) is 11.4. The van der Waals surface area contributed by atoms with Gasteiger partial charge < -0.3 is 14.9 Å². The Balaban J connectivity index is 1.80. The van der Waals surface area contributed by atoms with Gasteiger partial charge in [0, 0.05) is 5.56 Å². The molecule has 0 radical (unpaired) electrons. The second-order valence-electron chi connectivity index (χ2n) is 9.01. The van der Waals surface area contributed by atoms with E-state index in [2.05, 4.69) is 20.9 Å². The molecule has 9 heteroatoms. The predicted molar refractivity (Wildman–Crippen MR) is 147 cm³/mol. The summed E-state index contributed by atoms with van der Waals surface area (Å²) in [6.45, 7) is 5.68. The van der Waals surface area contributed by atoms with Gasteiger partial charge in [-0.15, -0.1) is 0 Å². The van der Waals surface area contributed by atoms with Crippen molar-refractivity contribution in [1.82, 2.24) is 4.98 Å². The lowest BCUT2D eigenvalue weighted by molar-refractivity contribution is -0.132. The van der Waals surface area contributed by atoms with Crippen molar-refractivity contribution in [1.29, 1.82) is 0 Å². The number of methoxy groups -OCH3 is 1. The van der Waals surface area contributed by atoms with E-state index in [1.165, 1.54) is 23.3 Å². The summed E-state index contributed by atoms with van der Waals surface area (Å²) in [7, 11) is 1.41. The zero-order valence-electron chi connectivity index (χ0n) is 20.5. The molecule has 7 nitrogen and oxygen atoms in total. The molecule has 2 N–H and O–H groups in total. The summed E-state index contributed by atoms with van der Waals surface area (Å²) in [4.78, 5) is 33.0. The molecule has 1 aromatic heterocycles. The molecule has 1 amide bonds. The Labute approximate surface area is 225 Å². The number of ether oxygens (including phenoxy) is 1. The molecule has 4 aromatic rings. The number of benzene rings is 3. The standard InChI is InChI=1S/C28H23BrN2O5S/c1-13-5-7-15(3)17(9-13)24(32)22-23(16-11-18(29)25(33)20(12-16)36-4)31(27(35)26(22)34)28-30-19-8-6-14(2)10-21(19)37-28/h5-12,23,32-33H,1-4H3/b24-22+. The van der Waals surface area contributed by atoms with Crippen LogP contribution in [0, 0.1) is 20.8 Å². The van der Waals surface area contributed by atoms with E-state index in [-0.39, 0.29) is 22.8 Å². The number of hydrogen-bond acceptors (Lipinski definition) is 7. The van der Waals surface area contributed by atoms with Crippen LogP contribution in [-0.2, 0) is 9.59 Å². The minimum absolute atomic E-state index is 0.0613. The van der Waals surface area contributed by atoms with Gasteiger partial charge in [-0.1, -0.05) is 35.1 Å². The third-order valence-electron chi connectivity index (χ3n) is 6.42. The number of carbonyl (C=O) groups excluding carboxylic acids is 2. The van der Waals surface area contributed by atoms with E-state index in [1.807, 2.05) is 51.1 Å². The number of nitrogens with zero attached hydrogens (tertiary/aromatic N) is 2. The number of amides is 1. The number of ketones is 1. The maximum Gasteiger partial charge on any atom is 0.301 e. The fraction of sp³-hybridized carbons (Fsp3) is 0.179. The van der Waals surface area contributed by atoms with Gasteiger partial charge in [-0.2, -0.15) is 0 Å². The smallest absolute Gasteiger partial charge is 0.301 e. The monoisotopic (exact) mass is 578 g/mol. The van der Waals surface area contributed by atoms with Crippen molar-refractivity contribution >= 4 is 60.1 Å². The van der Waals surface area contributed by atoms with Crippen molar-refractivity contribution in [3.63, 3.8) is 0 Å². The summed E-state index contributed by atoms with van der Waals surface area (Å²) in [6, 6.07) is 13.5. The Hall–Kier alpha value is -3.69. The number of aromatic nitrogens is 1. The minimum Gasteiger partial charge on any atom is -0.507 e. The maximum atomic E-state index is 13.5. The Morgan fingerprint density at radius 1 is 1.05 bits per heavy atom. The van der Waals surface area contributed by atoms with Crippen LogP contribution >= 0.6 is 27.3 Å². The third kappa shape index (κ3) is 4.18. The molecule has 0 bridgehead atoms. The van der Waals surface area contributed by atoms with Crippen molar-refractivity contribution in [2.24, 2.45) is 0 Å². The molecule has 3 aromatic carbocycles. The van der Waals surface area contributed by atoms with E-state index < -0.39 is 17.7 Å². The molecule has 1 fully saturated rings. The Kier molecular flexibility index (Phi) is 6.29. The number of aromatic hydroxyl groups is 1. The summed E-state index contributed by atoms with van der Waals surface area (Å²) in [6.07, 6.45) is 0. The first-order valence-corrected chi connectivity index (χ1v) is 13.0.